The summed E-state index contributed by atoms with van der Waals surface area (Å²) < 4.78 is 38.3. The van der Waals surface area contributed by atoms with Crippen molar-refractivity contribution >= 4 is 50.5 Å². The molecule has 0 radical (unpaired) electrons. The van der Waals surface area contributed by atoms with E-state index in [1.807, 2.05) is 54.6 Å². The fourth-order valence-electron chi connectivity index (χ4n) is 5.04. The minimum Gasteiger partial charge on any atom is -0.479 e. The maximum atomic E-state index is 13.3. The lowest BCUT2D eigenvalue weighted by Crippen LogP contribution is -2.42. The second kappa shape index (κ2) is 13.4. The Balaban J connectivity index is 1.29. The average Bonchev–Trinajstić information content (AvgIpc) is 3.32. The molecule has 0 saturated carbocycles. The predicted octanol–water partition coefficient (Wildman–Crippen LogP) is 4.41. The third-order valence-corrected chi connectivity index (χ3v) is 10.7. The monoisotopic (exact) mass is 633 g/mol. The summed E-state index contributed by atoms with van der Waals surface area (Å²) in [5.74, 6) is -1.39. The lowest BCUT2D eigenvalue weighted by atomic mass is 10.1. The van der Waals surface area contributed by atoms with Crippen molar-refractivity contribution in [1.29, 1.82) is 0 Å². The van der Waals surface area contributed by atoms with Crippen LogP contribution in [0.4, 0.5) is 5.69 Å². The molecule has 0 spiro atoms. The molecule has 2 N–H and O–H groups in total. The molecule has 10 nitrogen and oxygen atoms in total. The van der Waals surface area contributed by atoms with Gasteiger partial charge in [0, 0.05) is 37.9 Å². The van der Waals surface area contributed by atoms with E-state index in [0.29, 0.717) is 57.1 Å². The maximum absolute atomic E-state index is 13.3. The molecule has 5 rings (SSSR count). The Morgan fingerprint density at radius 1 is 1.05 bits per heavy atom. The number of ether oxygens (including phenoxy) is 2. The number of benzene rings is 2. The van der Waals surface area contributed by atoms with Crippen LogP contribution in [0.3, 0.4) is 0 Å². The zero-order valence-electron chi connectivity index (χ0n) is 22.8. The molecule has 2 fully saturated rings. The third-order valence-electron chi connectivity index (χ3n) is 7.18. The van der Waals surface area contributed by atoms with Crippen LogP contribution in [0.15, 0.2) is 54.6 Å². The molecule has 1 aromatic heterocycles. The second-order valence-corrected chi connectivity index (χ2v) is 13.5. The largest absolute Gasteiger partial charge is 0.479 e. The van der Waals surface area contributed by atoms with Crippen molar-refractivity contribution in [3.63, 3.8) is 0 Å². The zero-order valence-corrected chi connectivity index (χ0v) is 25.2. The summed E-state index contributed by atoms with van der Waals surface area (Å²) in [5, 5.41) is 12.9. The number of amides is 1. The van der Waals surface area contributed by atoms with Gasteiger partial charge in [0.05, 0.1) is 23.8 Å². The number of morpholine rings is 1. The van der Waals surface area contributed by atoms with Gasteiger partial charge >= 0.3 is 5.97 Å². The quantitative estimate of drug-likeness (QED) is 0.336. The number of anilines is 1. The van der Waals surface area contributed by atoms with Crippen molar-refractivity contribution in [2.75, 3.05) is 51.3 Å². The van der Waals surface area contributed by atoms with E-state index < -0.39 is 22.6 Å². The smallest absolute Gasteiger partial charge is 0.341 e. The summed E-state index contributed by atoms with van der Waals surface area (Å²) in [7, 11) is -3.40. The first kappa shape index (κ1) is 30.3. The zero-order chi connectivity index (χ0) is 29.7. The van der Waals surface area contributed by atoms with Gasteiger partial charge < -0.3 is 24.8 Å². The molecular formula is C29H32ClN3O7S2. The van der Waals surface area contributed by atoms with Gasteiger partial charge in [-0.3, -0.25) is 4.79 Å². The van der Waals surface area contributed by atoms with E-state index in [9.17, 15) is 18.0 Å². The Bertz CT molecular complexity index is 1520. The number of piperidine rings is 1. The molecule has 2 aliphatic heterocycles. The molecule has 42 heavy (non-hydrogen) atoms. The van der Waals surface area contributed by atoms with Gasteiger partial charge in [0.25, 0.3) is 5.91 Å². The average molecular weight is 634 g/mol. The van der Waals surface area contributed by atoms with Crippen LogP contribution in [-0.2, 0) is 25.3 Å². The van der Waals surface area contributed by atoms with Crippen molar-refractivity contribution < 1.29 is 32.6 Å². The fraction of sp³-hybridized carbons (Fsp3) is 0.379. The SMILES string of the molecule is O=C(O)COc1c(C(=O)N2CCOCC2)sc(-c2cccc(NC3CCN(S(=O)(=O)Cc4ccccc4)CC3)c2)c1Cl. The molecule has 0 bridgehead atoms. The number of rotatable bonds is 10. The lowest BCUT2D eigenvalue weighted by Gasteiger charge is -2.32. The number of carbonyl (C=O) groups is 2. The highest BCUT2D eigenvalue weighted by atomic mass is 35.5. The molecule has 3 aromatic rings. The van der Waals surface area contributed by atoms with Crippen LogP contribution < -0.4 is 10.1 Å². The Hall–Kier alpha value is -3.16. The highest BCUT2D eigenvalue weighted by Crippen LogP contribution is 2.46. The number of aliphatic carboxylic acids is 1. The normalized spacial score (nSPS) is 16.7. The number of hydrogen-bond acceptors (Lipinski definition) is 8. The Kier molecular flexibility index (Phi) is 9.69. The Morgan fingerprint density at radius 3 is 2.45 bits per heavy atom. The minimum absolute atomic E-state index is 0.0102. The van der Waals surface area contributed by atoms with Crippen molar-refractivity contribution in [3.8, 4) is 16.2 Å². The van der Waals surface area contributed by atoms with Crippen LogP contribution in [0.2, 0.25) is 5.02 Å². The number of hydrogen-bond donors (Lipinski definition) is 2. The molecule has 0 atom stereocenters. The molecule has 0 unspecified atom stereocenters. The molecule has 2 saturated heterocycles. The molecule has 13 heteroatoms. The van der Waals surface area contributed by atoms with E-state index in [1.54, 1.807) is 9.21 Å². The summed E-state index contributed by atoms with van der Waals surface area (Å²) in [4.78, 5) is 27.0. The molecule has 224 valence electrons. The van der Waals surface area contributed by atoms with Gasteiger partial charge in [0.1, 0.15) is 9.90 Å². The molecular weight excluding hydrogens is 602 g/mol. The number of halogens is 1. The summed E-state index contributed by atoms with van der Waals surface area (Å²) in [6, 6.07) is 16.8. The third kappa shape index (κ3) is 7.24. The topological polar surface area (TPSA) is 125 Å². The fourth-order valence-corrected chi connectivity index (χ4v) is 8.13. The van der Waals surface area contributed by atoms with Crippen molar-refractivity contribution in [2.45, 2.75) is 24.6 Å². The van der Waals surface area contributed by atoms with E-state index in [-0.39, 0.29) is 33.4 Å². The maximum Gasteiger partial charge on any atom is 0.341 e. The van der Waals surface area contributed by atoms with Crippen molar-refractivity contribution in [2.24, 2.45) is 0 Å². The van der Waals surface area contributed by atoms with Crippen LogP contribution in [0.25, 0.3) is 10.4 Å². The van der Waals surface area contributed by atoms with Gasteiger partial charge in [-0.15, -0.1) is 11.3 Å². The van der Waals surface area contributed by atoms with Gasteiger partial charge in [-0.05, 0) is 36.1 Å². The standard InChI is InChI=1S/C29H32ClN3O7S2/c30-25-26(40-18-24(34)35)28(29(36)32-13-15-39-16-14-32)41-27(25)21-7-4-8-23(17-21)31-22-9-11-33(12-10-22)42(37,38)19-20-5-2-1-3-6-20/h1-8,17,22,31H,9-16,18-19H2,(H,34,35). The minimum atomic E-state index is -3.40. The molecule has 0 aliphatic carbocycles. The first-order chi connectivity index (χ1) is 20.2. The molecule has 1 amide bonds. The van der Waals surface area contributed by atoms with Crippen LogP contribution in [-0.4, -0.2) is 86.6 Å². The van der Waals surface area contributed by atoms with E-state index in [0.717, 1.165) is 16.8 Å². The second-order valence-electron chi connectivity index (χ2n) is 10.1. The Morgan fingerprint density at radius 2 is 1.76 bits per heavy atom. The molecule has 3 heterocycles. The van der Waals surface area contributed by atoms with Gasteiger partial charge in [-0.2, -0.15) is 0 Å². The van der Waals surface area contributed by atoms with Gasteiger partial charge in [0.2, 0.25) is 10.0 Å². The summed E-state index contributed by atoms with van der Waals surface area (Å²) in [6.45, 7) is 1.94. The summed E-state index contributed by atoms with van der Waals surface area (Å²) in [6.07, 6.45) is 1.31. The van der Waals surface area contributed by atoms with Crippen LogP contribution in [0.5, 0.6) is 5.75 Å². The van der Waals surface area contributed by atoms with Crippen LogP contribution in [0, 0.1) is 0 Å². The first-order valence-corrected chi connectivity index (χ1v) is 16.4. The number of sulfonamides is 1. The van der Waals surface area contributed by atoms with Gasteiger partial charge in [-0.1, -0.05) is 54.1 Å². The molecule has 2 aromatic carbocycles. The number of thiophene rings is 1. The van der Waals surface area contributed by atoms with E-state index >= 15 is 0 Å². The van der Waals surface area contributed by atoms with Crippen LogP contribution in [0.1, 0.15) is 28.1 Å². The summed E-state index contributed by atoms with van der Waals surface area (Å²) in [5.41, 5.74) is 2.35. The predicted molar refractivity (Wildman–Crippen MR) is 162 cm³/mol. The van der Waals surface area contributed by atoms with E-state index in [1.165, 1.54) is 11.3 Å². The molecule has 2 aliphatic rings. The Labute approximate surface area is 253 Å². The number of carboxylic acids is 1. The van der Waals surface area contributed by atoms with Crippen molar-refractivity contribution in [3.05, 3.63) is 70.1 Å². The highest BCUT2D eigenvalue weighted by molar-refractivity contribution is 7.88. The van der Waals surface area contributed by atoms with Crippen molar-refractivity contribution in [1.82, 2.24) is 9.21 Å². The number of carbonyl (C=O) groups excluding carboxylic acids is 1. The van der Waals surface area contributed by atoms with Gasteiger partial charge in [-0.25, -0.2) is 17.5 Å². The van der Waals surface area contributed by atoms with E-state index in [4.69, 9.17) is 26.2 Å². The number of nitrogens with one attached hydrogen (secondary N) is 1. The van der Waals surface area contributed by atoms with Crippen LogP contribution >= 0.6 is 22.9 Å². The number of nitrogens with zero attached hydrogens (tertiary/aromatic N) is 2. The van der Waals surface area contributed by atoms with E-state index in [2.05, 4.69) is 5.32 Å². The van der Waals surface area contributed by atoms with Gasteiger partial charge in [0.15, 0.2) is 12.4 Å². The lowest BCUT2D eigenvalue weighted by molar-refractivity contribution is -0.139. The number of carboxylic acid groups (broad SMARTS) is 1. The highest BCUT2D eigenvalue weighted by Gasteiger charge is 2.30. The summed E-state index contributed by atoms with van der Waals surface area (Å²) >= 11 is 7.87. The first-order valence-electron chi connectivity index (χ1n) is 13.6.